The Hall–Kier alpha value is -3.06. The summed E-state index contributed by atoms with van der Waals surface area (Å²) in [5.41, 5.74) is 8.39. The van der Waals surface area contributed by atoms with Gasteiger partial charge in [-0.1, -0.05) is 23.4 Å². The normalized spacial score (nSPS) is 19.7. The molecule has 0 radical (unpaired) electrons. The number of H-pyrrole nitrogens is 1. The lowest BCUT2D eigenvalue weighted by Gasteiger charge is -2.16. The molecule has 0 amide bonds. The number of hydrogen-bond acceptors (Lipinski definition) is 7. The van der Waals surface area contributed by atoms with E-state index in [2.05, 4.69) is 25.5 Å². The number of benzene rings is 1. The number of nitrogens with one attached hydrogen (secondary N) is 1. The molecular weight excluding hydrogens is 523 g/mol. The van der Waals surface area contributed by atoms with Crippen molar-refractivity contribution in [2.45, 2.75) is 30.7 Å². The Morgan fingerprint density at radius 1 is 1.31 bits per heavy atom. The van der Waals surface area contributed by atoms with Crippen LogP contribution >= 0.6 is 34.7 Å². The van der Waals surface area contributed by atoms with Gasteiger partial charge in [-0.05, 0) is 58.9 Å². The molecule has 1 saturated carbocycles. The quantitative estimate of drug-likeness (QED) is 0.267. The number of hydrogen-bond donors (Lipinski definition) is 3. The Morgan fingerprint density at radius 3 is 2.89 bits per heavy atom. The van der Waals surface area contributed by atoms with Crippen LogP contribution in [0.3, 0.4) is 0 Å². The Bertz CT molecular complexity index is 1670. The average Bonchev–Trinajstić information content (AvgIpc) is 3.34. The first-order valence-corrected chi connectivity index (χ1v) is 13.3. The standard InChI is InChI=1S/C23H18ClFN8OS2/c24-12-1-2-14(32-10-28-30-31-32)19(20(12)25)11-5-17-23(3-4-23)7-15(33(17)18(34)6-11)21-27-8-13(29-21)16-9-35-22(26)36-16/h1-2,5-6,8-10,15,35H,3-4,7,26H2,(H,27,29)/t15-/m0/s1. The molecule has 9 nitrogen and oxygen atoms in total. The number of halogens is 2. The van der Waals surface area contributed by atoms with Crippen LogP contribution in [-0.2, 0) is 5.41 Å². The maximum atomic E-state index is 15.4. The molecule has 7 rings (SSSR count). The molecule has 0 unspecified atom stereocenters. The molecule has 1 spiro atoms. The van der Waals surface area contributed by atoms with E-state index in [1.54, 1.807) is 16.8 Å². The minimum Gasteiger partial charge on any atom is -0.340 e. The summed E-state index contributed by atoms with van der Waals surface area (Å²) >= 11 is 8.65. The molecule has 13 heteroatoms. The Balaban J connectivity index is 1.35. The number of aromatic amines is 1. The van der Waals surface area contributed by atoms with Crippen LogP contribution in [-0.4, -0.2) is 39.1 Å². The molecule has 1 aromatic carbocycles. The van der Waals surface area contributed by atoms with Gasteiger partial charge in [0.2, 0.25) is 0 Å². The fraction of sp³-hybridized carbons (Fsp3) is 0.217. The molecule has 36 heavy (non-hydrogen) atoms. The van der Waals surface area contributed by atoms with E-state index in [1.807, 2.05) is 11.5 Å². The highest BCUT2D eigenvalue weighted by Crippen LogP contribution is 2.59. The number of thiol groups is 1. The van der Waals surface area contributed by atoms with Crippen molar-refractivity contribution in [1.29, 1.82) is 0 Å². The van der Waals surface area contributed by atoms with Gasteiger partial charge in [0.1, 0.15) is 12.2 Å². The van der Waals surface area contributed by atoms with Crippen LogP contribution in [0.1, 0.15) is 42.5 Å². The van der Waals surface area contributed by atoms with Gasteiger partial charge >= 0.3 is 0 Å². The second-order valence-corrected chi connectivity index (χ2v) is 11.9. The summed E-state index contributed by atoms with van der Waals surface area (Å²) in [6, 6.07) is 6.22. The van der Waals surface area contributed by atoms with Crippen LogP contribution < -0.4 is 11.3 Å². The maximum Gasteiger partial charge on any atom is 0.252 e. The summed E-state index contributed by atoms with van der Waals surface area (Å²) in [5, 5.41) is 13.2. The van der Waals surface area contributed by atoms with E-state index >= 15 is 4.39 Å². The smallest absolute Gasteiger partial charge is 0.252 e. The molecule has 2 aliphatic heterocycles. The van der Waals surface area contributed by atoms with E-state index in [4.69, 9.17) is 17.3 Å². The van der Waals surface area contributed by atoms with Crippen molar-refractivity contribution >= 4 is 43.9 Å². The van der Waals surface area contributed by atoms with Gasteiger partial charge in [-0.2, -0.15) is 16.0 Å². The van der Waals surface area contributed by atoms with Crippen LogP contribution in [0.5, 0.6) is 0 Å². The van der Waals surface area contributed by atoms with Crippen molar-refractivity contribution in [2.24, 2.45) is 5.73 Å². The second kappa shape index (κ2) is 7.97. The van der Waals surface area contributed by atoms with E-state index in [9.17, 15) is 4.79 Å². The highest BCUT2D eigenvalue weighted by Gasteiger charge is 2.54. The molecule has 1 fully saturated rings. The predicted octanol–water partition coefficient (Wildman–Crippen LogP) is 3.59. The Kier molecular flexibility index (Phi) is 4.91. The fourth-order valence-electron chi connectivity index (χ4n) is 5.17. The summed E-state index contributed by atoms with van der Waals surface area (Å²) in [6.07, 6.45) is 5.85. The van der Waals surface area contributed by atoms with Gasteiger partial charge in [-0.25, -0.2) is 9.37 Å². The molecule has 3 aliphatic rings. The molecule has 1 atom stereocenters. The fourth-order valence-corrected chi connectivity index (χ4v) is 7.18. The van der Waals surface area contributed by atoms with Gasteiger partial charge < -0.3 is 9.55 Å². The van der Waals surface area contributed by atoms with Gasteiger partial charge in [0, 0.05) is 27.6 Å². The lowest BCUT2D eigenvalue weighted by molar-refractivity contribution is 0.542. The predicted molar refractivity (Wildman–Crippen MR) is 140 cm³/mol. The summed E-state index contributed by atoms with van der Waals surface area (Å²) < 4.78 is 19.4. The van der Waals surface area contributed by atoms with Crippen LogP contribution in [0.2, 0.25) is 5.02 Å². The van der Waals surface area contributed by atoms with Gasteiger partial charge in [0.15, 0.2) is 5.82 Å². The molecule has 3 N–H and O–H groups in total. The van der Waals surface area contributed by atoms with Crippen molar-refractivity contribution in [3.05, 3.63) is 80.6 Å². The van der Waals surface area contributed by atoms with Crippen molar-refractivity contribution in [3.63, 3.8) is 0 Å². The third-order valence-corrected chi connectivity index (χ3v) is 9.48. The number of thioether (sulfide) groups is 1. The monoisotopic (exact) mass is 540 g/mol. The number of aromatic nitrogens is 7. The number of tetrazole rings is 1. The Labute approximate surface area is 216 Å². The van der Waals surface area contributed by atoms with Crippen LogP contribution in [0.15, 0.2) is 47.0 Å². The van der Waals surface area contributed by atoms with Crippen molar-refractivity contribution in [3.8, 4) is 16.8 Å². The van der Waals surface area contributed by atoms with E-state index in [0.29, 0.717) is 11.3 Å². The molecule has 3 aromatic heterocycles. The largest absolute Gasteiger partial charge is 0.340 e. The molecule has 0 saturated heterocycles. The second-order valence-electron chi connectivity index (χ2n) is 9.09. The molecule has 5 heterocycles. The highest BCUT2D eigenvalue weighted by atomic mass is 35.5. The van der Waals surface area contributed by atoms with E-state index in [-0.39, 0.29) is 27.6 Å². The van der Waals surface area contributed by atoms with Crippen LogP contribution in [0, 0.1) is 5.82 Å². The van der Waals surface area contributed by atoms with Crippen molar-refractivity contribution in [1.82, 2.24) is 34.7 Å². The molecule has 1 aliphatic carbocycles. The summed E-state index contributed by atoms with van der Waals surface area (Å²) in [4.78, 5) is 22.7. The zero-order chi connectivity index (χ0) is 24.6. The van der Waals surface area contributed by atoms with Gasteiger partial charge in [-0.3, -0.25) is 10.5 Å². The van der Waals surface area contributed by atoms with E-state index < -0.39 is 5.82 Å². The summed E-state index contributed by atoms with van der Waals surface area (Å²) in [6.45, 7) is 0. The van der Waals surface area contributed by atoms with E-state index in [1.165, 1.54) is 34.9 Å². The third-order valence-electron chi connectivity index (χ3n) is 7.02. The first-order chi connectivity index (χ1) is 17.4. The van der Waals surface area contributed by atoms with Gasteiger partial charge in [0.05, 0.1) is 33.0 Å². The van der Waals surface area contributed by atoms with Gasteiger partial charge in [-0.15, -0.1) is 5.10 Å². The zero-order valence-electron chi connectivity index (χ0n) is 18.5. The number of nitrogens with zero attached hydrogens (tertiary/aromatic N) is 6. The van der Waals surface area contributed by atoms with E-state index in [0.717, 1.165) is 57.1 Å². The van der Waals surface area contributed by atoms with Crippen LogP contribution in [0.4, 0.5) is 4.39 Å². The van der Waals surface area contributed by atoms with Crippen molar-refractivity contribution in [2.75, 3.05) is 0 Å². The SMILES string of the molecule is NC1=[SH]C=C(c2cnc([C@@H]3CC4(CC4)c4cc(-c5c(-n6cnnn6)ccc(Cl)c5F)cc(=O)n43)[nH]2)S1. The maximum absolute atomic E-state index is 15.4. The first kappa shape index (κ1) is 22.2. The topological polar surface area (TPSA) is 120 Å². The lowest BCUT2D eigenvalue weighted by Crippen LogP contribution is -2.24. The first-order valence-electron chi connectivity index (χ1n) is 11.2. The molecular formula is C23H18ClFN8OS2. The number of imidazole rings is 1. The summed E-state index contributed by atoms with van der Waals surface area (Å²) in [5.74, 6) is 0.110. The lowest BCUT2D eigenvalue weighted by atomic mass is 9.95. The number of nitrogens with two attached hydrogens (primary N) is 1. The highest BCUT2D eigenvalue weighted by molar-refractivity contribution is 8.35. The Morgan fingerprint density at radius 2 is 2.17 bits per heavy atom. The van der Waals surface area contributed by atoms with Gasteiger partial charge in [0.25, 0.3) is 5.56 Å². The molecule has 4 aromatic rings. The third kappa shape index (κ3) is 3.35. The summed E-state index contributed by atoms with van der Waals surface area (Å²) in [7, 11) is 0. The number of pyridine rings is 1. The minimum atomic E-state index is -0.623. The van der Waals surface area contributed by atoms with Crippen molar-refractivity contribution < 1.29 is 4.39 Å². The minimum absolute atomic E-state index is 0.0408. The van der Waals surface area contributed by atoms with Crippen LogP contribution in [0.25, 0.3) is 21.7 Å². The zero-order valence-corrected chi connectivity index (χ0v) is 21.0. The molecule has 0 bridgehead atoms. The number of fused-ring (bicyclic) bond motifs is 2. The average molecular weight is 541 g/mol. The number of rotatable bonds is 4. The molecule has 182 valence electrons.